The maximum absolute atomic E-state index is 4.70. The van der Waals surface area contributed by atoms with Gasteiger partial charge in [-0.15, -0.1) is 5.10 Å². The molecule has 0 fully saturated rings. The molecule has 0 spiro atoms. The normalized spacial score (nSPS) is 13.0. The van der Waals surface area contributed by atoms with Crippen LogP contribution in [0.1, 0.15) is 51.1 Å². The fourth-order valence-corrected chi connectivity index (χ4v) is 4.27. The van der Waals surface area contributed by atoms with Crippen molar-refractivity contribution in [1.82, 2.24) is 15.0 Å². The third-order valence-electron chi connectivity index (χ3n) is 5.53. The lowest BCUT2D eigenvalue weighted by molar-refractivity contribution is 0.387. The lowest BCUT2D eigenvalue weighted by atomic mass is 9.95. The van der Waals surface area contributed by atoms with E-state index in [0.717, 1.165) is 43.6 Å². The summed E-state index contributed by atoms with van der Waals surface area (Å²) in [6, 6.07) is 17.7. The first-order valence-corrected chi connectivity index (χ1v) is 10.1. The third-order valence-corrected chi connectivity index (χ3v) is 5.53. The Labute approximate surface area is 161 Å². The van der Waals surface area contributed by atoms with E-state index >= 15 is 0 Å². The van der Waals surface area contributed by atoms with E-state index in [2.05, 4.69) is 84.2 Å². The van der Waals surface area contributed by atoms with Gasteiger partial charge in [-0.3, -0.25) is 0 Å². The van der Waals surface area contributed by atoms with Crippen LogP contribution in [0, 0.1) is 0 Å². The number of hydrogen-bond donors (Lipinski definition) is 0. The van der Waals surface area contributed by atoms with Crippen LogP contribution < -0.4 is 4.90 Å². The number of rotatable bonds is 5. The molecule has 2 heterocycles. The maximum Gasteiger partial charge on any atom is 0.121 e. The van der Waals surface area contributed by atoms with Crippen molar-refractivity contribution in [2.45, 2.75) is 52.1 Å². The lowest BCUT2D eigenvalue weighted by Crippen LogP contribution is -2.20. The van der Waals surface area contributed by atoms with Crippen molar-refractivity contribution in [3.63, 3.8) is 0 Å². The van der Waals surface area contributed by atoms with Crippen LogP contribution in [0.25, 0.3) is 22.5 Å². The summed E-state index contributed by atoms with van der Waals surface area (Å²) >= 11 is 0. The van der Waals surface area contributed by atoms with E-state index in [0.29, 0.717) is 6.04 Å². The molecule has 4 rings (SSSR count). The minimum Gasteiger partial charge on any atom is -0.370 e. The molecule has 0 N–H and O–H groups in total. The highest BCUT2D eigenvalue weighted by Gasteiger charge is 2.27. The molecular weight excluding hydrogens is 332 g/mol. The second-order valence-corrected chi connectivity index (χ2v) is 7.49. The van der Waals surface area contributed by atoms with Gasteiger partial charge in [0.15, 0.2) is 0 Å². The van der Waals surface area contributed by atoms with Crippen molar-refractivity contribution < 1.29 is 0 Å². The molecule has 140 valence electrons. The summed E-state index contributed by atoms with van der Waals surface area (Å²) in [6.07, 6.45) is 4.56. The highest BCUT2D eigenvalue weighted by molar-refractivity contribution is 5.88. The van der Waals surface area contributed by atoms with Crippen LogP contribution in [0.3, 0.4) is 0 Å². The van der Waals surface area contributed by atoms with Gasteiger partial charge >= 0.3 is 0 Å². The van der Waals surface area contributed by atoms with Gasteiger partial charge in [-0.05, 0) is 24.5 Å². The second kappa shape index (κ2) is 7.55. The molecule has 1 aromatic heterocycles. The summed E-state index contributed by atoms with van der Waals surface area (Å²) in [5.74, 6) is 0. The smallest absolute Gasteiger partial charge is 0.121 e. The molecule has 4 nitrogen and oxygen atoms in total. The topological polar surface area (TPSA) is 34.0 Å². The number of aromatic nitrogens is 3. The van der Waals surface area contributed by atoms with Crippen LogP contribution in [-0.2, 0) is 6.54 Å². The van der Waals surface area contributed by atoms with Gasteiger partial charge < -0.3 is 4.90 Å². The fraction of sp³-hybridized carbons (Fsp3) is 0.391. The van der Waals surface area contributed by atoms with Crippen LogP contribution >= 0.6 is 0 Å². The molecule has 4 heteroatoms. The summed E-state index contributed by atoms with van der Waals surface area (Å²) in [6.45, 7) is 5.37. The van der Waals surface area contributed by atoms with Gasteiger partial charge in [0.05, 0.1) is 11.7 Å². The first kappa shape index (κ1) is 17.8. The molecule has 0 radical (unpaired) electrons. The molecular formula is C23H28N4. The Morgan fingerprint density at radius 1 is 0.926 bits per heavy atom. The van der Waals surface area contributed by atoms with Crippen LogP contribution in [0.15, 0.2) is 48.5 Å². The molecule has 0 saturated heterocycles. The van der Waals surface area contributed by atoms with Crippen LogP contribution in [0.4, 0.5) is 5.69 Å². The van der Waals surface area contributed by atoms with Gasteiger partial charge in [-0.2, -0.15) is 0 Å². The monoisotopic (exact) mass is 360 g/mol. The number of anilines is 1. The van der Waals surface area contributed by atoms with E-state index in [1.54, 1.807) is 0 Å². The van der Waals surface area contributed by atoms with E-state index < -0.39 is 0 Å². The van der Waals surface area contributed by atoms with Crippen LogP contribution in [0.2, 0.25) is 0 Å². The second-order valence-electron chi connectivity index (χ2n) is 7.49. The molecule has 0 unspecified atom stereocenters. The maximum atomic E-state index is 4.70. The quantitative estimate of drug-likeness (QED) is 0.585. The molecule has 0 aliphatic carbocycles. The first-order valence-electron chi connectivity index (χ1n) is 10.1. The summed E-state index contributed by atoms with van der Waals surface area (Å²) in [5, 5.41) is 9.39. The fourth-order valence-electron chi connectivity index (χ4n) is 4.27. The zero-order chi connectivity index (χ0) is 18.8. The number of fused-ring (bicyclic) bond motifs is 5. The number of nitrogens with zero attached hydrogens (tertiary/aromatic N) is 4. The first-order chi connectivity index (χ1) is 13.2. The third kappa shape index (κ3) is 3.14. The number of hydrogen-bond acceptors (Lipinski definition) is 3. The van der Waals surface area contributed by atoms with Crippen LogP contribution in [-0.4, -0.2) is 22.0 Å². The highest BCUT2D eigenvalue weighted by Crippen LogP contribution is 2.42. The molecule has 27 heavy (non-hydrogen) atoms. The molecule has 0 amide bonds. The van der Waals surface area contributed by atoms with Crippen molar-refractivity contribution in [3.05, 3.63) is 54.1 Å². The van der Waals surface area contributed by atoms with E-state index in [1.165, 1.54) is 22.4 Å². The van der Waals surface area contributed by atoms with Crippen molar-refractivity contribution in [2.24, 2.45) is 0 Å². The molecule has 1 aliphatic rings. The predicted octanol–water partition coefficient (Wildman–Crippen LogP) is 5.70. The Hall–Kier alpha value is -2.62. The van der Waals surface area contributed by atoms with Crippen LogP contribution in [0.5, 0.6) is 0 Å². The van der Waals surface area contributed by atoms with Crippen molar-refractivity contribution in [2.75, 3.05) is 11.9 Å². The minimum atomic E-state index is 0.390. The zero-order valence-electron chi connectivity index (χ0n) is 16.5. The average molecular weight is 361 g/mol. The summed E-state index contributed by atoms with van der Waals surface area (Å²) in [4.78, 5) is 2.34. The van der Waals surface area contributed by atoms with Gasteiger partial charge in [0.25, 0.3) is 0 Å². The van der Waals surface area contributed by atoms with Gasteiger partial charge in [0.2, 0.25) is 0 Å². The average Bonchev–Trinajstić information content (AvgIpc) is 3.11. The number of para-hydroxylation sites is 1. The standard InChI is InChI=1S/C23H28N4/c1-4-10-18(11-5-2)27-23-20-14-8-9-15-21(20)26(3)16-17-12-6-7-13-19(17)22(23)24-25-27/h6-9,12-15,18H,4-5,10-11,16H2,1-3H3. The van der Waals surface area contributed by atoms with E-state index in [4.69, 9.17) is 5.10 Å². The Balaban J connectivity index is 2.00. The molecule has 1 aliphatic heterocycles. The molecule has 0 bridgehead atoms. The Kier molecular flexibility index (Phi) is 4.97. The van der Waals surface area contributed by atoms with E-state index in [-0.39, 0.29) is 0 Å². The van der Waals surface area contributed by atoms with Gasteiger partial charge in [0, 0.05) is 30.4 Å². The minimum absolute atomic E-state index is 0.390. The SMILES string of the molecule is CCCC(CCC)n1nnc2c1-c1ccccc1N(C)Cc1ccccc1-2. The van der Waals surface area contributed by atoms with Gasteiger partial charge in [-0.25, -0.2) is 4.68 Å². The zero-order valence-corrected chi connectivity index (χ0v) is 16.5. The molecule has 2 aromatic carbocycles. The number of benzene rings is 2. The van der Waals surface area contributed by atoms with Crippen molar-refractivity contribution in [3.8, 4) is 22.5 Å². The molecule has 0 atom stereocenters. The van der Waals surface area contributed by atoms with E-state index in [9.17, 15) is 0 Å². The largest absolute Gasteiger partial charge is 0.370 e. The Bertz CT molecular complexity index is 922. The van der Waals surface area contributed by atoms with Crippen molar-refractivity contribution >= 4 is 5.69 Å². The van der Waals surface area contributed by atoms with Crippen molar-refractivity contribution in [1.29, 1.82) is 0 Å². The lowest BCUT2D eigenvalue weighted by Gasteiger charge is -2.28. The summed E-state index contributed by atoms with van der Waals surface area (Å²) < 4.78 is 2.21. The Morgan fingerprint density at radius 2 is 1.59 bits per heavy atom. The van der Waals surface area contributed by atoms with Gasteiger partial charge in [-0.1, -0.05) is 74.4 Å². The molecule has 3 aromatic rings. The summed E-state index contributed by atoms with van der Waals surface area (Å²) in [7, 11) is 2.17. The highest BCUT2D eigenvalue weighted by atomic mass is 15.4. The molecule has 0 saturated carbocycles. The Morgan fingerprint density at radius 3 is 2.33 bits per heavy atom. The van der Waals surface area contributed by atoms with E-state index in [1.807, 2.05) is 0 Å². The van der Waals surface area contributed by atoms with Gasteiger partial charge in [0.1, 0.15) is 5.69 Å². The predicted molar refractivity (Wildman–Crippen MR) is 112 cm³/mol. The summed E-state index contributed by atoms with van der Waals surface area (Å²) in [5.41, 5.74) is 7.15.